The predicted molar refractivity (Wildman–Crippen MR) is 104 cm³/mol. The van der Waals surface area contributed by atoms with Gasteiger partial charge in [0.25, 0.3) is 0 Å². The van der Waals surface area contributed by atoms with Crippen LogP contribution in [0.4, 0.5) is 21.8 Å². The summed E-state index contributed by atoms with van der Waals surface area (Å²) >= 11 is 0. The minimum Gasteiger partial charge on any atom is -0.338 e. The van der Waals surface area contributed by atoms with Crippen molar-refractivity contribution < 1.29 is 4.39 Å². The Kier molecular flexibility index (Phi) is 3.86. The molecule has 1 N–H and O–H groups in total. The molecule has 0 radical (unpaired) electrons. The van der Waals surface area contributed by atoms with Gasteiger partial charge in [-0.25, -0.2) is 9.37 Å². The average molecular weight is 366 g/mol. The van der Waals surface area contributed by atoms with Crippen molar-refractivity contribution in [3.05, 3.63) is 41.3 Å². The fraction of sp³-hybridized carbons (Fsp3) is 0.450. The standard InChI is InChI=1S/C20H23FN6/c1-26(2)18-7-16-6-14(18)11-27(16)20-23-10-17(21)19(25-20)24-15-4-3-12-8-22-9-13(12)5-15/h3-5,9-10,14,16,18H,6-8,11H2,1-2H3,(H,23,24,25). The monoisotopic (exact) mass is 366 g/mol. The Morgan fingerprint density at radius 2 is 2.15 bits per heavy atom. The zero-order valence-electron chi connectivity index (χ0n) is 15.6. The van der Waals surface area contributed by atoms with E-state index in [4.69, 9.17) is 0 Å². The first-order valence-corrected chi connectivity index (χ1v) is 9.44. The maximum absolute atomic E-state index is 14.3. The Labute approximate surface area is 158 Å². The summed E-state index contributed by atoms with van der Waals surface area (Å²) < 4.78 is 14.3. The van der Waals surface area contributed by atoms with E-state index in [1.54, 1.807) is 0 Å². The van der Waals surface area contributed by atoms with E-state index in [0.29, 0.717) is 30.5 Å². The molecule has 1 aliphatic carbocycles. The molecule has 2 aliphatic heterocycles. The van der Waals surface area contributed by atoms with Gasteiger partial charge in [-0.2, -0.15) is 4.98 Å². The minimum atomic E-state index is -0.441. The lowest BCUT2D eigenvalue weighted by Crippen LogP contribution is -2.44. The Balaban J connectivity index is 1.37. The van der Waals surface area contributed by atoms with Crippen molar-refractivity contribution >= 4 is 23.7 Å². The summed E-state index contributed by atoms with van der Waals surface area (Å²) in [7, 11) is 4.29. The number of hydrogen-bond acceptors (Lipinski definition) is 6. The van der Waals surface area contributed by atoms with Crippen LogP contribution in [-0.2, 0) is 6.54 Å². The van der Waals surface area contributed by atoms with Gasteiger partial charge < -0.3 is 15.1 Å². The molecule has 6 nitrogen and oxygen atoms in total. The maximum atomic E-state index is 14.3. The van der Waals surface area contributed by atoms with Crippen molar-refractivity contribution in [2.24, 2.45) is 10.9 Å². The highest BCUT2D eigenvalue weighted by Gasteiger charge is 2.46. The predicted octanol–water partition coefficient (Wildman–Crippen LogP) is 2.82. The summed E-state index contributed by atoms with van der Waals surface area (Å²) in [6, 6.07) is 7.00. The number of hydrogen-bond donors (Lipinski definition) is 1. The van der Waals surface area contributed by atoms with Crippen LogP contribution in [0.15, 0.2) is 29.4 Å². The number of rotatable bonds is 4. The fourth-order valence-corrected chi connectivity index (χ4v) is 4.70. The van der Waals surface area contributed by atoms with Crippen LogP contribution in [0.2, 0.25) is 0 Å². The molecule has 3 unspecified atom stereocenters. The van der Waals surface area contributed by atoms with E-state index in [0.717, 1.165) is 30.6 Å². The van der Waals surface area contributed by atoms with Crippen molar-refractivity contribution in [1.82, 2.24) is 14.9 Å². The van der Waals surface area contributed by atoms with Crippen LogP contribution in [0.1, 0.15) is 24.0 Å². The van der Waals surface area contributed by atoms with Gasteiger partial charge in [-0.05, 0) is 56.1 Å². The molecule has 3 atom stereocenters. The second-order valence-electron chi connectivity index (χ2n) is 7.94. The third-order valence-corrected chi connectivity index (χ3v) is 6.06. The molecule has 3 heterocycles. The first-order valence-electron chi connectivity index (χ1n) is 9.44. The molecule has 2 bridgehead atoms. The third kappa shape index (κ3) is 2.86. The molecule has 2 aromatic rings. The summed E-state index contributed by atoms with van der Waals surface area (Å²) in [5.74, 6) is 1.03. The zero-order chi connectivity index (χ0) is 18.5. The fourth-order valence-electron chi connectivity index (χ4n) is 4.70. The number of fused-ring (bicyclic) bond motifs is 3. The Morgan fingerprint density at radius 3 is 2.93 bits per heavy atom. The highest BCUT2D eigenvalue weighted by Crippen LogP contribution is 2.41. The zero-order valence-corrected chi connectivity index (χ0v) is 15.6. The van der Waals surface area contributed by atoms with Gasteiger partial charge in [0.1, 0.15) is 0 Å². The van der Waals surface area contributed by atoms with Crippen molar-refractivity contribution in [2.45, 2.75) is 31.5 Å². The largest absolute Gasteiger partial charge is 0.338 e. The van der Waals surface area contributed by atoms with E-state index < -0.39 is 5.82 Å². The van der Waals surface area contributed by atoms with Crippen molar-refractivity contribution in [3.63, 3.8) is 0 Å². The normalized spacial score (nSPS) is 25.5. The smallest absolute Gasteiger partial charge is 0.227 e. The van der Waals surface area contributed by atoms with Crippen LogP contribution in [0.5, 0.6) is 0 Å². The van der Waals surface area contributed by atoms with Crippen molar-refractivity contribution in [2.75, 3.05) is 30.9 Å². The average Bonchev–Trinajstić information content (AvgIpc) is 3.38. The summed E-state index contributed by atoms with van der Waals surface area (Å²) in [6.45, 7) is 1.65. The van der Waals surface area contributed by atoms with E-state index in [9.17, 15) is 4.39 Å². The van der Waals surface area contributed by atoms with Gasteiger partial charge in [-0.1, -0.05) is 6.07 Å². The molecule has 0 spiro atoms. The molecule has 27 heavy (non-hydrogen) atoms. The number of aliphatic imine (C=N–C) groups is 1. The van der Waals surface area contributed by atoms with Gasteiger partial charge in [-0.15, -0.1) is 0 Å². The lowest BCUT2D eigenvalue weighted by Gasteiger charge is -2.34. The van der Waals surface area contributed by atoms with Crippen LogP contribution in [0, 0.1) is 11.7 Å². The molecular formula is C20H23FN6. The Morgan fingerprint density at radius 1 is 1.26 bits per heavy atom. The highest BCUT2D eigenvalue weighted by molar-refractivity contribution is 5.86. The van der Waals surface area contributed by atoms with E-state index >= 15 is 0 Å². The first-order chi connectivity index (χ1) is 13.1. The van der Waals surface area contributed by atoms with Gasteiger partial charge in [0, 0.05) is 30.5 Å². The van der Waals surface area contributed by atoms with Gasteiger partial charge >= 0.3 is 0 Å². The molecule has 1 saturated carbocycles. The maximum Gasteiger partial charge on any atom is 0.227 e. The molecule has 2 fully saturated rings. The molecule has 7 heteroatoms. The van der Waals surface area contributed by atoms with Gasteiger partial charge in [-0.3, -0.25) is 4.99 Å². The number of halogens is 1. The molecule has 140 valence electrons. The van der Waals surface area contributed by atoms with E-state index in [1.165, 1.54) is 11.8 Å². The van der Waals surface area contributed by atoms with Crippen LogP contribution in [-0.4, -0.2) is 53.8 Å². The molecule has 0 amide bonds. The summed E-state index contributed by atoms with van der Waals surface area (Å²) in [4.78, 5) is 17.6. The summed E-state index contributed by atoms with van der Waals surface area (Å²) in [5.41, 5.74) is 3.07. The van der Waals surface area contributed by atoms with Crippen molar-refractivity contribution in [3.8, 4) is 0 Å². The number of nitrogens with one attached hydrogen (secondary N) is 1. The third-order valence-electron chi connectivity index (χ3n) is 6.06. The SMILES string of the molecule is CN(C)C1CC2CC1CN2c1ncc(F)c(Nc2ccc3c(c2)C=NC3)n1. The van der Waals surface area contributed by atoms with E-state index in [-0.39, 0.29) is 5.82 Å². The topological polar surface area (TPSA) is 56.6 Å². The number of nitrogens with zero attached hydrogens (tertiary/aromatic N) is 5. The lowest BCUT2D eigenvalue weighted by molar-refractivity contribution is 0.229. The van der Waals surface area contributed by atoms with Crippen LogP contribution in [0.25, 0.3) is 0 Å². The highest BCUT2D eigenvalue weighted by atomic mass is 19.1. The van der Waals surface area contributed by atoms with Gasteiger partial charge in [0.15, 0.2) is 11.6 Å². The molecule has 5 rings (SSSR count). The van der Waals surface area contributed by atoms with Crippen molar-refractivity contribution in [1.29, 1.82) is 0 Å². The lowest BCUT2D eigenvalue weighted by atomic mass is 10.0. The van der Waals surface area contributed by atoms with Crippen LogP contribution in [0.3, 0.4) is 0 Å². The van der Waals surface area contributed by atoms with Gasteiger partial charge in [0.05, 0.1) is 12.7 Å². The van der Waals surface area contributed by atoms with Crippen LogP contribution >= 0.6 is 0 Å². The van der Waals surface area contributed by atoms with E-state index in [2.05, 4.69) is 44.2 Å². The molecule has 1 aromatic carbocycles. The summed E-state index contributed by atoms with van der Waals surface area (Å²) in [5, 5.41) is 3.11. The molecule has 3 aliphatic rings. The Hall–Kier alpha value is -2.54. The number of anilines is 3. The Bertz CT molecular complexity index is 911. The summed E-state index contributed by atoms with van der Waals surface area (Å²) in [6.07, 6.45) is 5.40. The second-order valence-corrected chi connectivity index (χ2v) is 7.94. The molecule has 1 aromatic heterocycles. The minimum absolute atomic E-state index is 0.224. The van der Waals surface area contributed by atoms with Crippen LogP contribution < -0.4 is 10.2 Å². The quantitative estimate of drug-likeness (QED) is 0.902. The number of piperidine rings is 1. The number of benzene rings is 1. The number of aromatic nitrogens is 2. The second kappa shape index (κ2) is 6.27. The first kappa shape index (κ1) is 16.6. The van der Waals surface area contributed by atoms with E-state index in [1.807, 2.05) is 24.4 Å². The van der Waals surface area contributed by atoms with Gasteiger partial charge in [0.2, 0.25) is 5.95 Å². The molecule has 1 saturated heterocycles. The molecular weight excluding hydrogens is 343 g/mol.